The predicted octanol–water partition coefficient (Wildman–Crippen LogP) is 4.66. The first kappa shape index (κ1) is 18.2. The van der Waals surface area contributed by atoms with Crippen molar-refractivity contribution in [2.75, 3.05) is 5.43 Å². The van der Waals surface area contributed by atoms with Crippen LogP contribution in [0.3, 0.4) is 0 Å². The average molecular weight is 344 g/mol. The summed E-state index contributed by atoms with van der Waals surface area (Å²) in [5.41, 5.74) is 5.80. The van der Waals surface area contributed by atoms with Gasteiger partial charge in [-0.1, -0.05) is 31.5 Å². The van der Waals surface area contributed by atoms with Gasteiger partial charge in [0.2, 0.25) is 9.84 Å². The lowest BCUT2D eigenvalue weighted by Gasteiger charge is -2.09. The maximum absolute atomic E-state index is 12.6. The van der Waals surface area contributed by atoms with Gasteiger partial charge in [-0.05, 0) is 62.6 Å². The molecule has 0 aliphatic rings. The van der Waals surface area contributed by atoms with Crippen molar-refractivity contribution < 1.29 is 8.42 Å². The molecule has 4 nitrogen and oxygen atoms in total. The highest BCUT2D eigenvalue weighted by Gasteiger charge is 2.17. The van der Waals surface area contributed by atoms with Crippen molar-refractivity contribution >= 4 is 21.2 Å². The minimum Gasteiger partial charge on any atom is -0.279 e. The quantitative estimate of drug-likeness (QED) is 0.612. The van der Waals surface area contributed by atoms with Gasteiger partial charge < -0.3 is 0 Å². The molecule has 1 atom stereocenters. The lowest BCUT2D eigenvalue weighted by atomic mass is 10.1. The van der Waals surface area contributed by atoms with E-state index in [1.165, 1.54) is 0 Å². The molecule has 128 valence electrons. The van der Waals surface area contributed by atoms with Crippen LogP contribution in [0.25, 0.3) is 0 Å². The van der Waals surface area contributed by atoms with Gasteiger partial charge >= 0.3 is 0 Å². The molecule has 0 saturated carbocycles. The highest BCUT2D eigenvalue weighted by atomic mass is 32.2. The molecule has 0 unspecified atom stereocenters. The van der Waals surface area contributed by atoms with Crippen molar-refractivity contribution in [3.63, 3.8) is 0 Å². The fraction of sp³-hybridized carbons (Fsp3) is 0.316. The summed E-state index contributed by atoms with van der Waals surface area (Å²) in [4.78, 5) is 0.582. The van der Waals surface area contributed by atoms with Gasteiger partial charge in [0.1, 0.15) is 0 Å². The van der Waals surface area contributed by atoms with Crippen LogP contribution in [0.15, 0.2) is 63.4 Å². The van der Waals surface area contributed by atoms with Crippen molar-refractivity contribution in [3.8, 4) is 0 Å². The van der Waals surface area contributed by atoms with Gasteiger partial charge in [0.05, 0.1) is 15.5 Å². The van der Waals surface area contributed by atoms with Crippen LogP contribution >= 0.6 is 0 Å². The van der Waals surface area contributed by atoms with E-state index in [1.54, 1.807) is 48.5 Å². The molecule has 5 heteroatoms. The Kier molecular flexibility index (Phi) is 5.78. The first-order valence-electron chi connectivity index (χ1n) is 8.06. The van der Waals surface area contributed by atoms with Gasteiger partial charge in [-0.2, -0.15) is 5.10 Å². The van der Waals surface area contributed by atoms with Crippen molar-refractivity contribution in [2.24, 2.45) is 11.0 Å². The monoisotopic (exact) mass is 344 g/mol. The third-order valence-electron chi connectivity index (χ3n) is 4.18. The molecule has 2 aromatic rings. The van der Waals surface area contributed by atoms with E-state index >= 15 is 0 Å². The number of benzene rings is 2. The van der Waals surface area contributed by atoms with Gasteiger partial charge in [-0.3, -0.25) is 5.43 Å². The Labute approximate surface area is 144 Å². The van der Waals surface area contributed by atoms with Crippen LogP contribution in [0.5, 0.6) is 0 Å². The highest BCUT2D eigenvalue weighted by Crippen LogP contribution is 2.22. The van der Waals surface area contributed by atoms with Crippen LogP contribution in [0, 0.1) is 12.8 Å². The molecule has 0 spiro atoms. The van der Waals surface area contributed by atoms with Crippen molar-refractivity contribution in [2.45, 2.75) is 43.9 Å². The number of anilines is 1. The van der Waals surface area contributed by atoms with Crippen LogP contribution in [0.2, 0.25) is 0 Å². The van der Waals surface area contributed by atoms with Crippen LogP contribution in [0.4, 0.5) is 5.69 Å². The number of nitrogens with one attached hydrogen (secondary N) is 1. The summed E-state index contributed by atoms with van der Waals surface area (Å²) in [7, 11) is -3.48. The maximum atomic E-state index is 12.6. The summed E-state index contributed by atoms with van der Waals surface area (Å²) in [6, 6.07) is 13.5. The van der Waals surface area contributed by atoms with E-state index in [9.17, 15) is 8.42 Å². The third kappa shape index (κ3) is 4.23. The minimum absolute atomic E-state index is 0.277. The summed E-state index contributed by atoms with van der Waals surface area (Å²) < 4.78 is 25.2. The minimum atomic E-state index is -3.48. The smallest absolute Gasteiger partial charge is 0.206 e. The molecular formula is C19H24N2O2S. The molecular weight excluding hydrogens is 320 g/mol. The van der Waals surface area contributed by atoms with Gasteiger partial charge in [-0.25, -0.2) is 8.42 Å². The first-order chi connectivity index (χ1) is 11.3. The molecule has 0 aromatic heterocycles. The Morgan fingerprint density at radius 2 is 1.54 bits per heavy atom. The summed E-state index contributed by atoms with van der Waals surface area (Å²) in [5.74, 6) is 0.415. The molecule has 0 radical (unpaired) electrons. The Hall–Kier alpha value is -2.14. The zero-order valence-electron chi connectivity index (χ0n) is 14.6. The first-order valence-corrected chi connectivity index (χ1v) is 9.55. The van der Waals surface area contributed by atoms with Crippen LogP contribution in [0.1, 0.15) is 32.8 Å². The normalized spacial score (nSPS) is 13.6. The van der Waals surface area contributed by atoms with Crippen LogP contribution in [-0.2, 0) is 9.84 Å². The number of hydrazone groups is 1. The summed E-state index contributed by atoms with van der Waals surface area (Å²) in [6.07, 6.45) is 1.03. The fourth-order valence-corrected chi connectivity index (χ4v) is 3.38. The highest BCUT2D eigenvalue weighted by molar-refractivity contribution is 7.91. The molecule has 24 heavy (non-hydrogen) atoms. The largest absolute Gasteiger partial charge is 0.279 e. The number of hydrogen-bond donors (Lipinski definition) is 1. The van der Waals surface area contributed by atoms with Gasteiger partial charge in [0.25, 0.3) is 0 Å². The van der Waals surface area contributed by atoms with Crippen LogP contribution in [-0.4, -0.2) is 14.1 Å². The standard InChI is InChI=1S/C19H24N2O2S/c1-5-15(3)16(4)20-21-17-8-12-19(13-9-17)24(22,23)18-10-6-14(2)7-11-18/h6-13,15,21H,5H2,1-4H3/b20-16-/t15-/m0/s1. The number of sulfone groups is 1. The van der Waals surface area contributed by atoms with Crippen molar-refractivity contribution in [1.29, 1.82) is 0 Å². The number of hydrogen-bond acceptors (Lipinski definition) is 4. The van der Waals surface area contributed by atoms with E-state index in [0.29, 0.717) is 10.8 Å². The molecule has 0 bridgehead atoms. The number of rotatable bonds is 6. The molecule has 0 fully saturated rings. The van der Waals surface area contributed by atoms with E-state index in [2.05, 4.69) is 24.4 Å². The SMILES string of the molecule is CC[C@H](C)/C(C)=N\Nc1ccc(S(=O)(=O)c2ccc(C)cc2)cc1. The molecule has 0 aliphatic carbocycles. The molecule has 0 aliphatic heterocycles. The molecule has 0 saturated heterocycles. The Morgan fingerprint density at radius 3 is 2.04 bits per heavy atom. The second-order valence-electron chi connectivity index (χ2n) is 6.02. The van der Waals surface area contributed by atoms with Gasteiger partial charge in [0.15, 0.2) is 0 Å². The zero-order chi connectivity index (χ0) is 17.7. The molecule has 0 amide bonds. The summed E-state index contributed by atoms with van der Waals surface area (Å²) in [6.45, 7) is 8.16. The summed E-state index contributed by atoms with van der Waals surface area (Å²) >= 11 is 0. The topological polar surface area (TPSA) is 58.5 Å². The predicted molar refractivity (Wildman–Crippen MR) is 99.3 cm³/mol. The van der Waals surface area contributed by atoms with Gasteiger partial charge in [-0.15, -0.1) is 0 Å². The van der Waals surface area contributed by atoms with E-state index in [1.807, 2.05) is 13.8 Å². The number of aryl methyl sites for hydroxylation is 1. The zero-order valence-corrected chi connectivity index (χ0v) is 15.4. The van der Waals surface area contributed by atoms with Crippen molar-refractivity contribution in [1.82, 2.24) is 0 Å². The molecule has 2 aromatic carbocycles. The average Bonchev–Trinajstić information content (AvgIpc) is 2.59. The Balaban J connectivity index is 2.18. The van der Waals surface area contributed by atoms with E-state index < -0.39 is 9.84 Å². The lowest BCUT2D eigenvalue weighted by molar-refractivity contribution is 0.596. The second-order valence-corrected chi connectivity index (χ2v) is 7.96. The van der Waals surface area contributed by atoms with Crippen molar-refractivity contribution in [3.05, 3.63) is 54.1 Å². The maximum Gasteiger partial charge on any atom is 0.206 e. The Morgan fingerprint density at radius 1 is 1.04 bits per heavy atom. The Bertz CT molecular complexity index is 807. The van der Waals surface area contributed by atoms with E-state index in [4.69, 9.17) is 0 Å². The van der Waals surface area contributed by atoms with Crippen LogP contribution < -0.4 is 5.43 Å². The number of nitrogens with zero attached hydrogens (tertiary/aromatic N) is 1. The molecule has 0 heterocycles. The fourth-order valence-electron chi connectivity index (χ4n) is 2.12. The molecule has 2 rings (SSSR count). The lowest BCUT2D eigenvalue weighted by Crippen LogP contribution is -2.08. The third-order valence-corrected chi connectivity index (χ3v) is 5.97. The van der Waals surface area contributed by atoms with E-state index in [0.717, 1.165) is 23.4 Å². The van der Waals surface area contributed by atoms with Gasteiger partial charge in [0, 0.05) is 5.71 Å². The second kappa shape index (κ2) is 7.62. The summed E-state index contributed by atoms with van der Waals surface area (Å²) in [5, 5.41) is 4.34. The van der Waals surface area contributed by atoms with E-state index in [-0.39, 0.29) is 4.90 Å². The molecule has 1 N–H and O–H groups in total.